The minimum absolute atomic E-state index is 0.742. The lowest BCUT2D eigenvalue weighted by atomic mass is 10.2. The van der Waals surface area contributed by atoms with Crippen LogP contribution in [0.3, 0.4) is 0 Å². The first-order chi connectivity index (χ1) is 8.22. The van der Waals surface area contributed by atoms with E-state index in [0.717, 1.165) is 25.3 Å². The largest absolute Gasteiger partial charge is 0.364 e. The highest BCUT2D eigenvalue weighted by molar-refractivity contribution is 5.26. The minimum Gasteiger partial charge on any atom is -0.364 e. The number of nitrogens with zero attached hydrogens (tertiary/aromatic N) is 2. The molecule has 0 saturated heterocycles. The first-order valence-electron chi connectivity index (χ1n) is 5.98. The summed E-state index contributed by atoms with van der Waals surface area (Å²) in [7, 11) is 0. The van der Waals surface area contributed by atoms with Gasteiger partial charge in [0.1, 0.15) is 6.26 Å². The molecule has 1 N–H and O–H groups in total. The van der Waals surface area contributed by atoms with E-state index in [4.69, 9.17) is 4.52 Å². The van der Waals surface area contributed by atoms with E-state index < -0.39 is 0 Å². The summed E-state index contributed by atoms with van der Waals surface area (Å²) in [4.78, 5) is 0. The molecule has 0 atom stereocenters. The van der Waals surface area contributed by atoms with E-state index in [2.05, 4.69) is 41.9 Å². The van der Waals surface area contributed by atoms with Crippen LogP contribution in [0.5, 0.6) is 0 Å². The number of aryl methyl sites for hydroxylation is 1. The van der Waals surface area contributed by atoms with E-state index in [1.54, 1.807) is 6.26 Å². The summed E-state index contributed by atoms with van der Waals surface area (Å²) in [5.41, 5.74) is 4.96. The molecule has 17 heavy (non-hydrogen) atoms. The molecule has 2 aromatic rings. The van der Waals surface area contributed by atoms with Crippen LogP contribution < -0.4 is 5.32 Å². The van der Waals surface area contributed by atoms with Crippen LogP contribution in [0.15, 0.2) is 22.9 Å². The van der Waals surface area contributed by atoms with E-state index in [9.17, 15) is 0 Å². The highest BCUT2D eigenvalue weighted by Gasteiger charge is 2.07. The average Bonchev–Trinajstić information content (AvgIpc) is 2.89. The Morgan fingerprint density at radius 3 is 2.76 bits per heavy atom. The standard InChI is InChI=1S/C13H19N3O/c1-4-16-10(2)7-12(11(16)3)8-14-9-13-5-6-17-15-13/h5-7,14H,4,8-9H2,1-3H3. The molecule has 92 valence electrons. The number of nitrogens with one attached hydrogen (secondary N) is 1. The van der Waals surface area contributed by atoms with Crippen molar-refractivity contribution in [3.05, 3.63) is 41.0 Å². The monoisotopic (exact) mass is 233 g/mol. The summed E-state index contributed by atoms with van der Waals surface area (Å²) in [5, 5.41) is 7.24. The molecule has 0 aromatic carbocycles. The summed E-state index contributed by atoms with van der Waals surface area (Å²) in [5.74, 6) is 0. The maximum absolute atomic E-state index is 4.79. The second-order valence-electron chi connectivity index (χ2n) is 4.23. The lowest BCUT2D eigenvalue weighted by Gasteiger charge is -2.06. The molecule has 0 saturated carbocycles. The predicted octanol–water partition coefficient (Wildman–Crippen LogP) is 2.40. The van der Waals surface area contributed by atoms with Gasteiger partial charge in [-0.1, -0.05) is 5.16 Å². The van der Waals surface area contributed by atoms with Crippen LogP contribution in [-0.4, -0.2) is 9.72 Å². The number of hydrogen-bond acceptors (Lipinski definition) is 3. The van der Waals surface area contributed by atoms with Gasteiger partial charge in [0, 0.05) is 37.1 Å². The number of hydrogen-bond donors (Lipinski definition) is 1. The molecule has 0 aliphatic heterocycles. The van der Waals surface area contributed by atoms with Gasteiger partial charge in [0.2, 0.25) is 0 Å². The molecule has 2 heterocycles. The number of rotatable bonds is 5. The predicted molar refractivity (Wildman–Crippen MR) is 66.6 cm³/mol. The van der Waals surface area contributed by atoms with Crippen molar-refractivity contribution < 1.29 is 4.52 Å². The fraction of sp³-hybridized carbons (Fsp3) is 0.462. The molecule has 0 fully saturated rings. The summed E-state index contributed by atoms with van der Waals surface area (Å²) in [6.07, 6.45) is 1.60. The van der Waals surface area contributed by atoms with E-state index in [0.29, 0.717) is 0 Å². The maximum Gasteiger partial charge on any atom is 0.124 e. The van der Waals surface area contributed by atoms with Crippen molar-refractivity contribution >= 4 is 0 Å². The van der Waals surface area contributed by atoms with Gasteiger partial charge in [-0.15, -0.1) is 0 Å². The second kappa shape index (κ2) is 5.19. The molecule has 4 nitrogen and oxygen atoms in total. The zero-order valence-corrected chi connectivity index (χ0v) is 10.7. The van der Waals surface area contributed by atoms with E-state index in [1.165, 1.54) is 17.0 Å². The summed E-state index contributed by atoms with van der Waals surface area (Å²) < 4.78 is 7.11. The molecule has 2 rings (SSSR count). The Hall–Kier alpha value is -1.55. The van der Waals surface area contributed by atoms with Crippen molar-refractivity contribution in [2.24, 2.45) is 0 Å². The van der Waals surface area contributed by atoms with Gasteiger partial charge < -0.3 is 14.4 Å². The third kappa shape index (κ3) is 2.58. The van der Waals surface area contributed by atoms with Crippen LogP contribution in [0.1, 0.15) is 29.6 Å². The second-order valence-corrected chi connectivity index (χ2v) is 4.23. The molecule has 0 radical (unpaired) electrons. The van der Waals surface area contributed by atoms with Crippen LogP contribution in [0.4, 0.5) is 0 Å². The third-order valence-corrected chi connectivity index (χ3v) is 3.11. The maximum atomic E-state index is 4.79. The van der Waals surface area contributed by atoms with Gasteiger partial charge in [0.15, 0.2) is 0 Å². The molecule has 4 heteroatoms. The highest BCUT2D eigenvalue weighted by Crippen LogP contribution is 2.14. The van der Waals surface area contributed by atoms with Gasteiger partial charge in [-0.25, -0.2) is 0 Å². The summed E-state index contributed by atoms with van der Waals surface area (Å²) in [6, 6.07) is 4.12. The molecule has 0 amide bonds. The Labute approximate surface area is 102 Å². The van der Waals surface area contributed by atoms with Crippen LogP contribution in [0, 0.1) is 13.8 Å². The fourth-order valence-corrected chi connectivity index (χ4v) is 2.19. The van der Waals surface area contributed by atoms with Crippen LogP contribution >= 0.6 is 0 Å². The summed E-state index contributed by atoms with van der Waals surface area (Å²) in [6.45, 7) is 9.13. The Morgan fingerprint density at radius 2 is 2.18 bits per heavy atom. The SMILES string of the molecule is CCn1c(C)cc(CNCc2ccon2)c1C. The molecular weight excluding hydrogens is 214 g/mol. The molecule has 0 unspecified atom stereocenters. The van der Waals surface area contributed by atoms with Gasteiger partial charge in [0.05, 0.1) is 5.69 Å². The van der Waals surface area contributed by atoms with Crippen LogP contribution in [-0.2, 0) is 19.6 Å². The van der Waals surface area contributed by atoms with E-state index in [-0.39, 0.29) is 0 Å². The first kappa shape index (κ1) is 11.9. The Balaban J connectivity index is 1.95. The fourth-order valence-electron chi connectivity index (χ4n) is 2.19. The van der Waals surface area contributed by atoms with Crippen LogP contribution in [0.25, 0.3) is 0 Å². The first-order valence-corrected chi connectivity index (χ1v) is 5.98. The van der Waals surface area contributed by atoms with Gasteiger partial charge in [-0.2, -0.15) is 0 Å². The molecule has 0 spiro atoms. The van der Waals surface area contributed by atoms with Gasteiger partial charge in [-0.3, -0.25) is 0 Å². The van der Waals surface area contributed by atoms with Crippen molar-refractivity contribution in [2.75, 3.05) is 0 Å². The molecule has 0 aliphatic carbocycles. The zero-order chi connectivity index (χ0) is 12.3. The minimum atomic E-state index is 0.742. The van der Waals surface area contributed by atoms with Crippen molar-refractivity contribution in [1.82, 2.24) is 15.0 Å². The summed E-state index contributed by atoms with van der Waals surface area (Å²) >= 11 is 0. The average molecular weight is 233 g/mol. The number of aromatic nitrogens is 2. The van der Waals surface area contributed by atoms with Crippen molar-refractivity contribution in [2.45, 2.75) is 40.4 Å². The Kier molecular flexibility index (Phi) is 3.64. The van der Waals surface area contributed by atoms with Crippen molar-refractivity contribution in [3.63, 3.8) is 0 Å². The normalized spacial score (nSPS) is 11.0. The van der Waals surface area contributed by atoms with E-state index in [1.807, 2.05) is 6.07 Å². The smallest absolute Gasteiger partial charge is 0.124 e. The highest BCUT2D eigenvalue weighted by atomic mass is 16.5. The van der Waals surface area contributed by atoms with Gasteiger partial charge in [-0.05, 0) is 32.4 Å². The topological polar surface area (TPSA) is 43.0 Å². The molecule has 0 aliphatic rings. The van der Waals surface area contributed by atoms with Gasteiger partial charge in [0.25, 0.3) is 0 Å². The quantitative estimate of drug-likeness (QED) is 0.862. The lowest BCUT2D eigenvalue weighted by molar-refractivity contribution is 0.408. The van der Waals surface area contributed by atoms with Crippen LogP contribution in [0.2, 0.25) is 0 Å². The zero-order valence-electron chi connectivity index (χ0n) is 10.7. The molecule has 2 aromatic heterocycles. The Morgan fingerprint density at radius 1 is 1.35 bits per heavy atom. The third-order valence-electron chi connectivity index (χ3n) is 3.11. The van der Waals surface area contributed by atoms with Gasteiger partial charge >= 0.3 is 0 Å². The lowest BCUT2D eigenvalue weighted by Crippen LogP contribution is -2.13. The molecule has 0 bridgehead atoms. The molecular formula is C13H19N3O. The van der Waals surface area contributed by atoms with Crippen molar-refractivity contribution in [1.29, 1.82) is 0 Å². The Bertz CT molecular complexity index is 471. The van der Waals surface area contributed by atoms with E-state index >= 15 is 0 Å². The van der Waals surface area contributed by atoms with Crippen molar-refractivity contribution in [3.8, 4) is 0 Å².